The summed E-state index contributed by atoms with van der Waals surface area (Å²) in [5.41, 5.74) is 1.03. The standard InChI is InChI=1S/C22H25NO5/c1-2-3-5-10-21(25)23-18-13-11-17(12-14-18)20(24)15-28-22(26)16-27-19-8-6-4-7-9-19/h4,6-9,11-14H,2-3,5,10,15-16H2,1H3,(H,23,25). The van der Waals surface area contributed by atoms with Crippen molar-refractivity contribution in [3.63, 3.8) is 0 Å². The normalized spacial score (nSPS) is 10.2. The molecule has 6 nitrogen and oxygen atoms in total. The number of anilines is 1. The minimum absolute atomic E-state index is 0.0418. The number of para-hydroxylation sites is 1. The molecular weight excluding hydrogens is 358 g/mol. The molecule has 0 radical (unpaired) electrons. The third-order valence-corrected chi connectivity index (χ3v) is 3.96. The minimum Gasteiger partial charge on any atom is -0.482 e. The molecule has 1 N–H and O–H groups in total. The second kappa shape index (κ2) is 11.5. The van der Waals surface area contributed by atoms with Gasteiger partial charge in [-0.15, -0.1) is 0 Å². The fraction of sp³-hybridized carbons (Fsp3) is 0.318. The largest absolute Gasteiger partial charge is 0.482 e. The number of hydrogen-bond acceptors (Lipinski definition) is 5. The highest BCUT2D eigenvalue weighted by Gasteiger charge is 2.11. The van der Waals surface area contributed by atoms with Gasteiger partial charge in [0.05, 0.1) is 0 Å². The van der Waals surface area contributed by atoms with Gasteiger partial charge < -0.3 is 14.8 Å². The number of nitrogens with one attached hydrogen (secondary N) is 1. The highest BCUT2D eigenvalue weighted by atomic mass is 16.6. The molecule has 1 amide bonds. The van der Waals surface area contributed by atoms with E-state index in [2.05, 4.69) is 12.2 Å². The maximum absolute atomic E-state index is 12.1. The minimum atomic E-state index is -0.617. The number of carbonyl (C=O) groups is 3. The summed E-state index contributed by atoms with van der Waals surface area (Å²) in [4.78, 5) is 35.6. The summed E-state index contributed by atoms with van der Waals surface area (Å²) in [6.45, 7) is 1.46. The first kappa shape index (κ1) is 21.2. The molecule has 0 fully saturated rings. The van der Waals surface area contributed by atoms with Crippen molar-refractivity contribution in [2.45, 2.75) is 32.6 Å². The second-order valence-corrected chi connectivity index (χ2v) is 6.27. The van der Waals surface area contributed by atoms with Crippen LogP contribution < -0.4 is 10.1 Å². The van der Waals surface area contributed by atoms with Crippen LogP contribution in [0.4, 0.5) is 5.69 Å². The number of ketones is 1. The van der Waals surface area contributed by atoms with E-state index >= 15 is 0 Å². The maximum Gasteiger partial charge on any atom is 0.344 e. The van der Waals surface area contributed by atoms with Crippen LogP contribution in [-0.2, 0) is 14.3 Å². The number of hydrogen-bond donors (Lipinski definition) is 1. The summed E-state index contributed by atoms with van der Waals surface area (Å²) < 4.78 is 10.2. The average molecular weight is 383 g/mol. The molecule has 0 spiro atoms. The lowest BCUT2D eigenvalue weighted by Gasteiger charge is -2.08. The highest BCUT2D eigenvalue weighted by molar-refractivity contribution is 5.98. The molecule has 0 saturated heterocycles. The van der Waals surface area contributed by atoms with E-state index < -0.39 is 5.97 Å². The Morgan fingerprint density at radius 1 is 0.893 bits per heavy atom. The fourth-order valence-electron chi connectivity index (χ4n) is 2.43. The lowest BCUT2D eigenvalue weighted by atomic mass is 10.1. The number of benzene rings is 2. The molecule has 0 aliphatic rings. The zero-order chi connectivity index (χ0) is 20.2. The van der Waals surface area contributed by atoms with Gasteiger partial charge in [0.2, 0.25) is 5.91 Å². The monoisotopic (exact) mass is 383 g/mol. The molecule has 0 atom stereocenters. The van der Waals surface area contributed by atoms with Gasteiger partial charge in [-0.25, -0.2) is 4.79 Å². The quantitative estimate of drug-likeness (QED) is 0.360. The molecule has 0 saturated carbocycles. The number of unbranched alkanes of at least 4 members (excludes halogenated alkanes) is 2. The molecule has 148 valence electrons. The van der Waals surface area contributed by atoms with Crippen LogP contribution in [-0.4, -0.2) is 30.9 Å². The topological polar surface area (TPSA) is 81.7 Å². The van der Waals surface area contributed by atoms with Gasteiger partial charge in [0.1, 0.15) is 5.75 Å². The SMILES string of the molecule is CCCCCC(=O)Nc1ccc(C(=O)COC(=O)COc2ccccc2)cc1. The van der Waals surface area contributed by atoms with Crippen LogP contribution in [0.25, 0.3) is 0 Å². The van der Waals surface area contributed by atoms with E-state index in [4.69, 9.17) is 9.47 Å². The molecule has 0 aliphatic carbocycles. The van der Waals surface area contributed by atoms with E-state index in [1.54, 1.807) is 48.5 Å². The first-order valence-corrected chi connectivity index (χ1v) is 9.35. The van der Waals surface area contributed by atoms with Crippen LogP contribution in [0, 0.1) is 0 Å². The van der Waals surface area contributed by atoms with Crippen LogP contribution in [0.15, 0.2) is 54.6 Å². The third-order valence-electron chi connectivity index (χ3n) is 3.96. The van der Waals surface area contributed by atoms with Crippen LogP contribution in [0.5, 0.6) is 5.75 Å². The van der Waals surface area contributed by atoms with Gasteiger partial charge in [0.15, 0.2) is 19.0 Å². The van der Waals surface area contributed by atoms with E-state index in [0.29, 0.717) is 23.4 Å². The Kier molecular flexibility index (Phi) is 8.72. The number of rotatable bonds is 11. The van der Waals surface area contributed by atoms with Gasteiger partial charge >= 0.3 is 5.97 Å². The van der Waals surface area contributed by atoms with Gasteiger partial charge in [0, 0.05) is 17.7 Å². The van der Waals surface area contributed by atoms with Gasteiger partial charge in [-0.1, -0.05) is 38.0 Å². The zero-order valence-corrected chi connectivity index (χ0v) is 16.0. The van der Waals surface area contributed by atoms with Crippen molar-refractivity contribution in [2.75, 3.05) is 18.5 Å². The smallest absolute Gasteiger partial charge is 0.344 e. The van der Waals surface area contributed by atoms with Crippen LogP contribution >= 0.6 is 0 Å². The van der Waals surface area contributed by atoms with Crippen molar-refractivity contribution in [3.8, 4) is 5.75 Å². The van der Waals surface area contributed by atoms with Crippen molar-refractivity contribution >= 4 is 23.3 Å². The predicted molar refractivity (Wildman–Crippen MR) is 106 cm³/mol. The molecule has 0 unspecified atom stereocenters. The zero-order valence-electron chi connectivity index (χ0n) is 16.0. The molecule has 0 aromatic heterocycles. The van der Waals surface area contributed by atoms with Gasteiger partial charge in [-0.3, -0.25) is 9.59 Å². The Balaban J connectivity index is 1.73. The number of amides is 1. The highest BCUT2D eigenvalue weighted by Crippen LogP contribution is 2.12. The number of ether oxygens (including phenoxy) is 2. The first-order valence-electron chi connectivity index (χ1n) is 9.35. The van der Waals surface area contributed by atoms with Crippen molar-refractivity contribution in [1.29, 1.82) is 0 Å². The summed E-state index contributed by atoms with van der Waals surface area (Å²) in [6, 6.07) is 15.4. The van der Waals surface area contributed by atoms with Crippen LogP contribution in [0.3, 0.4) is 0 Å². The Morgan fingerprint density at radius 3 is 2.29 bits per heavy atom. The summed E-state index contributed by atoms with van der Waals surface area (Å²) in [5.74, 6) is -0.431. The lowest BCUT2D eigenvalue weighted by Crippen LogP contribution is -2.19. The number of carbonyl (C=O) groups excluding carboxylic acids is 3. The lowest BCUT2D eigenvalue weighted by molar-refractivity contribution is -0.144. The van der Waals surface area contributed by atoms with Crippen molar-refractivity contribution in [2.24, 2.45) is 0 Å². The molecule has 0 heterocycles. The Bertz CT molecular complexity index is 771. The van der Waals surface area contributed by atoms with Gasteiger partial charge in [-0.2, -0.15) is 0 Å². The molecule has 2 aromatic carbocycles. The average Bonchev–Trinajstić information content (AvgIpc) is 2.72. The molecule has 0 bridgehead atoms. The molecule has 0 aliphatic heterocycles. The molecule has 28 heavy (non-hydrogen) atoms. The van der Waals surface area contributed by atoms with Crippen molar-refractivity contribution < 1.29 is 23.9 Å². The van der Waals surface area contributed by atoms with Crippen LogP contribution in [0.1, 0.15) is 43.0 Å². The van der Waals surface area contributed by atoms with E-state index in [1.165, 1.54) is 0 Å². The maximum atomic E-state index is 12.1. The molecule has 2 aromatic rings. The Morgan fingerprint density at radius 2 is 1.61 bits per heavy atom. The van der Waals surface area contributed by atoms with E-state index in [9.17, 15) is 14.4 Å². The van der Waals surface area contributed by atoms with Gasteiger partial charge in [0.25, 0.3) is 0 Å². The van der Waals surface area contributed by atoms with E-state index in [-0.39, 0.29) is 24.9 Å². The third kappa shape index (κ3) is 7.61. The Labute approximate surface area is 164 Å². The van der Waals surface area contributed by atoms with Gasteiger partial charge in [-0.05, 0) is 42.8 Å². The van der Waals surface area contributed by atoms with E-state index in [1.807, 2.05) is 6.07 Å². The molecule has 6 heteroatoms. The van der Waals surface area contributed by atoms with Crippen LogP contribution in [0.2, 0.25) is 0 Å². The summed E-state index contributed by atoms with van der Waals surface area (Å²) in [7, 11) is 0. The summed E-state index contributed by atoms with van der Waals surface area (Å²) in [5, 5.41) is 2.80. The first-order chi connectivity index (χ1) is 13.6. The van der Waals surface area contributed by atoms with E-state index in [0.717, 1.165) is 19.3 Å². The van der Waals surface area contributed by atoms with Crippen molar-refractivity contribution in [1.82, 2.24) is 0 Å². The molecule has 2 rings (SSSR count). The summed E-state index contributed by atoms with van der Waals surface area (Å²) >= 11 is 0. The fourth-order valence-corrected chi connectivity index (χ4v) is 2.43. The van der Waals surface area contributed by atoms with Crippen molar-refractivity contribution in [3.05, 3.63) is 60.2 Å². The molecular formula is C22H25NO5. The number of Topliss-reactive ketones (excluding diaryl/α,β-unsaturated/α-hetero) is 1. The number of esters is 1. The predicted octanol–water partition coefficient (Wildman–Crippen LogP) is 4.01. The second-order valence-electron chi connectivity index (χ2n) is 6.27. The Hall–Kier alpha value is -3.15. The summed E-state index contributed by atoms with van der Waals surface area (Å²) in [6.07, 6.45) is 3.43.